The van der Waals surface area contributed by atoms with E-state index in [1.807, 2.05) is 36.4 Å². The van der Waals surface area contributed by atoms with Crippen LogP contribution >= 0.6 is 22.6 Å². The van der Waals surface area contributed by atoms with Crippen molar-refractivity contribution in [2.75, 3.05) is 11.1 Å². The van der Waals surface area contributed by atoms with Crippen molar-refractivity contribution in [3.63, 3.8) is 0 Å². The van der Waals surface area contributed by atoms with Crippen LogP contribution in [0.2, 0.25) is 0 Å². The van der Waals surface area contributed by atoms with Gasteiger partial charge < -0.3 is 11.1 Å². The van der Waals surface area contributed by atoms with Crippen LogP contribution in [0.25, 0.3) is 10.9 Å². The first kappa shape index (κ1) is 12.2. The number of hydrogen-bond acceptors (Lipinski definition) is 3. The number of nitrogens with zero attached hydrogens (tertiary/aromatic N) is 1. The molecular formula is C15H12IN3. The number of rotatable bonds is 2. The number of hydrogen-bond donors (Lipinski definition) is 2. The standard InChI is InChI=1S/C15H12IN3/c16-11-5-1-2-6-14(11)19-13-8-7-12(17)15-10(13)4-3-9-18-15/h1-9,19H,17H2. The number of pyridine rings is 1. The Balaban J connectivity index is 2.12. The molecule has 0 saturated heterocycles. The highest BCUT2D eigenvalue weighted by atomic mass is 127. The zero-order valence-corrected chi connectivity index (χ0v) is 12.3. The van der Waals surface area contributed by atoms with Crippen molar-refractivity contribution in [3.8, 4) is 0 Å². The van der Waals surface area contributed by atoms with Crippen molar-refractivity contribution < 1.29 is 0 Å². The summed E-state index contributed by atoms with van der Waals surface area (Å²) in [6, 6.07) is 16.0. The first-order valence-corrected chi connectivity index (χ1v) is 6.98. The summed E-state index contributed by atoms with van der Waals surface area (Å²) >= 11 is 2.31. The first-order chi connectivity index (χ1) is 9.25. The van der Waals surface area contributed by atoms with Crippen LogP contribution in [0.1, 0.15) is 0 Å². The lowest BCUT2D eigenvalue weighted by atomic mass is 10.1. The molecule has 1 aromatic heterocycles. The van der Waals surface area contributed by atoms with Gasteiger partial charge >= 0.3 is 0 Å². The summed E-state index contributed by atoms with van der Waals surface area (Å²) in [7, 11) is 0. The van der Waals surface area contributed by atoms with Crippen LogP contribution in [0.4, 0.5) is 17.1 Å². The molecule has 4 heteroatoms. The van der Waals surface area contributed by atoms with Crippen LogP contribution < -0.4 is 11.1 Å². The second-order valence-corrected chi connectivity index (χ2v) is 5.37. The lowest BCUT2D eigenvalue weighted by Gasteiger charge is -2.12. The van der Waals surface area contributed by atoms with Crippen molar-refractivity contribution >= 4 is 50.6 Å². The van der Waals surface area contributed by atoms with Crippen molar-refractivity contribution in [1.82, 2.24) is 4.98 Å². The predicted molar refractivity (Wildman–Crippen MR) is 88.6 cm³/mol. The molecule has 19 heavy (non-hydrogen) atoms. The largest absolute Gasteiger partial charge is 0.397 e. The second-order valence-electron chi connectivity index (χ2n) is 4.21. The van der Waals surface area contributed by atoms with Crippen LogP contribution in [0.15, 0.2) is 54.7 Å². The minimum Gasteiger partial charge on any atom is -0.397 e. The Kier molecular flexibility index (Phi) is 3.25. The third kappa shape index (κ3) is 2.35. The Labute approximate surface area is 125 Å². The van der Waals surface area contributed by atoms with Gasteiger partial charge in [0.15, 0.2) is 0 Å². The van der Waals surface area contributed by atoms with Crippen molar-refractivity contribution in [2.45, 2.75) is 0 Å². The molecule has 0 bridgehead atoms. The number of benzene rings is 2. The number of para-hydroxylation sites is 1. The van der Waals surface area contributed by atoms with Crippen LogP contribution in [0.3, 0.4) is 0 Å². The molecule has 0 saturated carbocycles. The summed E-state index contributed by atoms with van der Waals surface area (Å²) in [5, 5.41) is 4.47. The van der Waals surface area contributed by atoms with Crippen LogP contribution in [-0.4, -0.2) is 4.98 Å². The average molecular weight is 361 g/mol. The summed E-state index contributed by atoms with van der Waals surface area (Å²) in [5.74, 6) is 0. The lowest BCUT2D eigenvalue weighted by Crippen LogP contribution is -1.96. The molecule has 3 nitrogen and oxygen atoms in total. The van der Waals surface area contributed by atoms with Gasteiger partial charge in [0.1, 0.15) is 0 Å². The Morgan fingerprint density at radius 2 is 1.79 bits per heavy atom. The Hall–Kier alpha value is -1.82. The van der Waals surface area contributed by atoms with E-state index in [0.717, 1.165) is 22.3 Å². The van der Waals surface area contributed by atoms with Crippen LogP contribution in [0.5, 0.6) is 0 Å². The Morgan fingerprint density at radius 1 is 0.947 bits per heavy atom. The third-order valence-electron chi connectivity index (χ3n) is 2.94. The molecule has 0 fully saturated rings. The summed E-state index contributed by atoms with van der Waals surface area (Å²) < 4.78 is 1.17. The maximum absolute atomic E-state index is 5.96. The van der Waals surface area contributed by atoms with Gasteiger partial charge in [0.25, 0.3) is 0 Å². The van der Waals surface area contributed by atoms with Gasteiger partial charge in [-0.15, -0.1) is 0 Å². The summed E-state index contributed by atoms with van der Waals surface area (Å²) in [6.07, 6.45) is 1.76. The molecule has 2 aromatic carbocycles. The summed E-state index contributed by atoms with van der Waals surface area (Å²) in [4.78, 5) is 4.34. The van der Waals surface area contributed by atoms with E-state index in [9.17, 15) is 0 Å². The average Bonchev–Trinajstić information content (AvgIpc) is 2.44. The number of fused-ring (bicyclic) bond motifs is 1. The maximum Gasteiger partial charge on any atom is 0.0951 e. The van der Waals surface area contributed by atoms with E-state index in [-0.39, 0.29) is 0 Å². The van der Waals surface area contributed by atoms with Gasteiger partial charge in [0, 0.05) is 20.8 Å². The van der Waals surface area contributed by atoms with E-state index in [2.05, 4.69) is 45.0 Å². The number of nitrogens with one attached hydrogen (secondary N) is 1. The van der Waals surface area contributed by atoms with Gasteiger partial charge in [-0.1, -0.05) is 12.1 Å². The van der Waals surface area contributed by atoms with E-state index >= 15 is 0 Å². The molecule has 0 unspecified atom stereocenters. The van der Waals surface area contributed by atoms with E-state index in [4.69, 9.17) is 5.73 Å². The highest BCUT2D eigenvalue weighted by molar-refractivity contribution is 14.1. The summed E-state index contributed by atoms with van der Waals surface area (Å²) in [5.41, 5.74) is 9.58. The molecule has 0 aliphatic carbocycles. The molecule has 94 valence electrons. The highest BCUT2D eigenvalue weighted by Gasteiger charge is 2.06. The van der Waals surface area contributed by atoms with Crippen molar-refractivity contribution in [2.24, 2.45) is 0 Å². The topological polar surface area (TPSA) is 50.9 Å². The van der Waals surface area contributed by atoms with Crippen molar-refractivity contribution in [3.05, 3.63) is 58.3 Å². The van der Waals surface area contributed by atoms with Gasteiger partial charge in [-0.2, -0.15) is 0 Å². The fraction of sp³-hybridized carbons (Fsp3) is 0. The minimum atomic E-state index is 0.698. The van der Waals surface area contributed by atoms with E-state index in [1.54, 1.807) is 6.20 Å². The first-order valence-electron chi connectivity index (χ1n) is 5.90. The number of nitrogen functional groups attached to an aromatic ring is 1. The molecule has 3 N–H and O–H groups in total. The number of anilines is 3. The lowest BCUT2D eigenvalue weighted by molar-refractivity contribution is 1.41. The van der Waals surface area contributed by atoms with E-state index in [0.29, 0.717) is 5.69 Å². The van der Waals surface area contributed by atoms with Gasteiger partial charge in [-0.25, -0.2) is 0 Å². The minimum absolute atomic E-state index is 0.698. The van der Waals surface area contributed by atoms with Gasteiger partial charge in [0.2, 0.25) is 0 Å². The molecule has 0 atom stereocenters. The Morgan fingerprint density at radius 3 is 2.63 bits per heavy atom. The third-order valence-corrected chi connectivity index (χ3v) is 3.88. The predicted octanol–water partition coefficient (Wildman–Crippen LogP) is 4.17. The molecular weight excluding hydrogens is 349 g/mol. The fourth-order valence-corrected chi connectivity index (χ4v) is 2.53. The highest BCUT2D eigenvalue weighted by Crippen LogP contribution is 2.30. The van der Waals surface area contributed by atoms with Crippen molar-refractivity contribution in [1.29, 1.82) is 0 Å². The maximum atomic E-state index is 5.96. The number of aromatic nitrogens is 1. The van der Waals surface area contributed by atoms with Gasteiger partial charge in [-0.05, 0) is 59.0 Å². The fourth-order valence-electron chi connectivity index (χ4n) is 2.01. The number of halogens is 1. The van der Waals surface area contributed by atoms with Crippen LogP contribution in [-0.2, 0) is 0 Å². The molecule has 3 rings (SSSR count). The van der Waals surface area contributed by atoms with E-state index in [1.165, 1.54) is 3.57 Å². The molecule has 3 aromatic rings. The molecule has 0 spiro atoms. The SMILES string of the molecule is Nc1ccc(Nc2ccccc2I)c2cccnc12. The van der Waals surface area contributed by atoms with Gasteiger partial charge in [0.05, 0.1) is 16.9 Å². The summed E-state index contributed by atoms with van der Waals surface area (Å²) in [6.45, 7) is 0. The smallest absolute Gasteiger partial charge is 0.0951 e. The monoisotopic (exact) mass is 361 g/mol. The zero-order chi connectivity index (χ0) is 13.2. The molecule has 0 aliphatic heterocycles. The molecule has 1 heterocycles. The zero-order valence-electron chi connectivity index (χ0n) is 10.1. The molecule has 0 aliphatic rings. The molecule has 0 amide bonds. The van der Waals surface area contributed by atoms with E-state index < -0.39 is 0 Å². The Bertz CT molecular complexity index is 740. The second kappa shape index (κ2) is 5.05. The number of nitrogens with two attached hydrogens (primary N) is 1. The van der Waals surface area contributed by atoms with Crippen LogP contribution in [0, 0.1) is 3.57 Å². The molecule has 0 radical (unpaired) electrons. The normalized spacial score (nSPS) is 10.6. The quantitative estimate of drug-likeness (QED) is 0.532. The van der Waals surface area contributed by atoms with Gasteiger partial charge in [-0.3, -0.25) is 4.98 Å².